The molecule has 5 aromatic rings. The fourth-order valence-electron chi connectivity index (χ4n) is 4.37. The van der Waals surface area contributed by atoms with Gasteiger partial charge in [-0.25, -0.2) is 4.79 Å². The first-order valence-corrected chi connectivity index (χ1v) is 15.8. The third-order valence-corrected chi connectivity index (χ3v) is 8.10. The molecule has 9 N–H and O–H groups in total. The van der Waals surface area contributed by atoms with Crippen LogP contribution >= 0.6 is 0 Å². The number of aromatic carboxylic acids is 1. The zero-order valence-electron chi connectivity index (χ0n) is 23.7. The molecular weight excluding hydrogens is 676 g/mol. The number of carbonyl (C=O) groups excluding carboxylic acids is 1. The Morgan fingerprint density at radius 2 is 1.35 bits per heavy atom. The predicted molar refractivity (Wildman–Crippen MR) is 166 cm³/mol. The summed E-state index contributed by atoms with van der Waals surface area (Å²) in [6, 6.07) is 12.5. The molecule has 5 rings (SSSR count). The number of primary amides is 1. The smallest absolute Gasteiger partial charge is 0.337 e. The lowest BCUT2D eigenvalue weighted by Crippen LogP contribution is -2.10. The van der Waals surface area contributed by atoms with E-state index in [9.17, 15) is 50.8 Å². The lowest BCUT2D eigenvalue weighted by Gasteiger charge is -2.15. The number of nitrogens with zero attached hydrogens (tertiary/aromatic N) is 5. The van der Waals surface area contributed by atoms with Crippen LogP contribution in [0.15, 0.2) is 86.7 Å². The molecule has 48 heavy (non-hydrogen) atoms. The van der Waals surface area contributed by atoms with E-state index in [0.717, 1.165) is 18.2 Å². The van der Waals surface area contributed by atoms with Crippen LogP contribution in [0.4, 0.5) is 34.6 Å². The summed E-state index contributed by atoms with van der Waals surface area (Å²) in [4.78, 5) is 32.9. The van der Waals surface area contributed by atoms with Crippen LogP contribution in [0.25, 0.3) is 10.8 Å². The van der Waals surface area contributed by atoms with Gasteiger partial charge in [0.25, 0.3) is 26.1 Å². The molecule has 0 spiro atoms. The van der Waals surface area contributed by atoms with E-state index < -0.39 is 76.9 Å². The quantitative estimate of drug-likeness (QED) is 0.0763. The maximum atomic E-state index is 12.4. The number of carboxylic acid groups (broad SMARTS) is 1. The molecule has 0 saturated heterocycles. The number of hydrogen-bond donors (Lipinski definition) is 8. The number of amides is 1. The third-order valence-electron chi connectivity index (χ3n) is 6.40. The largest absolute Gasteiger partial charge is 0.505 e. The molecule has 21 heteroatoms. The Morgan fingerprint density at radius 1 is 0.750 bits per heavy atom. The normalized spacial score (nSPS) is 11.9. The number of azo groups is 1. The number of hydrogen-bond acceptors (Lipinski definition) is 15. The van der Waals surface area contributed by atoms with Gasteiger partial charge in [-0.2, -0.15) is 31.8 Å². The van der Waals surface area contributed by atoms with Crippen LogP contribution in [0.2, 0.25) is 0 Å². The highest BCUT2D eigenvalue weighted by Crippen LogP contribution is 2.45. The van der Waals surface area contributed by atoms with Crippen LogP contribution in [0.1, 0.15) is 20.7 Å². The van der Waals surface area contributed by atoms with Crippen molar-refractivity contribution in [2.75, 3.05) is 10.6 Å². The fourth-order valence-corrected chi connectivity index (χ4v) is 5.57. The number of phenols is 1. The second-order valence-corrected chi connectivity index (χ2v) is 12.4. The van der Waals surface area contributed by atoms with Gasteiger partial charge in [-0.3, -0.25) is 13.9 Å². The Hall–Kier alpha value is -6.29. The third kappa shape index (κ3) is 6.92. The molecule has 246 valence electrons. The second-order valence-electron chi connectivity index (χ2n) is 9.56. The lowest BCUT2D eigenvalue weighted by molar-refractivity contribution is 0.0697. The highest BCUT2D eigenvalue weighted by molar-refractivity contribution is 7.86. The maximum Gasteiger partial charge on any atom is 0.337 e. The fraction of sp³-hybridized carbons (Fsp3) is 0. The van der Waals surface area contributed by atoms with Crippen molar-refractivity contribution in [1.29, 1.82) is 0 Å². The number of para-hydroxylation sites is 1. The monoisotopic (exact) mass is 696 g/mol. The van der Waals surface area contributed by atoms with Crippen molar-refractivity contribution in [1.82, 2.24) is 15.0 Å². The van der Waals surface area contributed by atoms with Crippen LogP contribution in [-0.4, -0.2) is 68.1 Å². The molecule has 1 heterocycles. The molecule has 0 unspecified atom stereocenters. The number of carbonyl (C=O) groups is 2. The van der Waals surface area contributed by atoms with Crippen molar-refractivity contribution < 1.29 is 50.8 Å². The Labute approximate surface area is 269 Å². The Bertz CT molecular complexity index is 2400. The first-order valence-electron chi connectivity index (χ1n) is 12.9. The summed E-state index contributed by atoms with van der Waals surface area (Å²) in [6.45, 7) is 0. The number of aromatic nitrogens is 3. The minimum Gasteiger partial charge on any atom is -0.505 e. The van der Waals surface area contributed by atoms with Gasteiger partial charge in [-0.05, 0) is 47.9 Å². The molecule has 0 radical (unpaired) electrons. The van der Waals surface area contributed by atoms with Gasteiger partial charge in [0.15, 0.2) is 5.75 Å². The number of aromatic hydroxyl groups is 2. The summed E-state index contributed by atoms with van der Waals surface area (Å²) >= 11 is 0. The predicted octanol–water partition coefficient (Wildman–Crippen LogP) is 3.63. The number of fused-ring (bicyclic) bond motifs is 1. The average Bonchev–Trinajstić information content (AvgIpc) is 2.99. The molecule has 0 fully saturated rings. The number of rotatable bonds is 10. The van der Waals surface area contributed by atoms with Crippen molar-refractivity contribution in [2.24, 2.45) is 16.0 Å². The summed E-state index contributed by atoms with van der Waals surface area (Å²) in [7, 11) is -10.2. The van der Waals surface area contributed by atoms with E-state index >= 15 is 0 Å². The summed E-state index contributed by atoms with van der Waals surface area (Å²) in [5, 5.41) is 42.9. The van der Waals surface area contributed by atoms with Crippen molar-refractivity contribution in [2.45, 2.75) is 9.79 Å². The first-order chi connectivity index (χ1) is 22.5. The van der Waals surface area contributed by atoms with Crippen LogP contribution in [0.5, 0.6) is 11.8 Å². The molecule has 0 aliphatic heterocycles. The highest BCUT2D eigenvalue weighted by Gasteiger charge is 2.26. The molecule has 0 bridgehead atoms. The molecule has 0 aliphatic carbocycles. The van der Waals surface area contributed by atoms with Gasteiger partial charge >= 0.3 is 12.0 Å². The van der Waals surface area contributed by atoms with Crippen LogP contribution in [-0.2, 0) is 20.2 Å². The molecule has 0 saturated carbocycles. The van der Waals surface area contributed by atoms with E-state index in [-0.39, 0.29) is 33.3 Å². The summed E-state index contributed by atoms with van der Waals surface area (Å²) in [5.74, 6) is -4.13. The molecule has 1 amide bonds. The SMILES string of the molecule is NC(=O)c1ccccc1N=Nc1c(S(=O)(=O)O)cc2cc(S(=O)(=O)O)cc(Nc3nc(O)nc(Nc4ccccc4C(=O)O)n3)c2c1O. The van der Waals surface area contributed by atoms with Crippen molar-refractivity contribution in [3.63, 3.8) is 0 Å². The average molecular weight is 697 g/mol. The van der Waals surface area contributed by atoms with Gasteiger partial charge in [0.05, 0.1) is 33.1 Å². The second kappa shape index (κ2) is 12.5. The Kier molecular flexibility index (Phi) is 8.60. The summed E-state index contributed by atoms with van der Waals surface area (Å²) < 4.78 is 68.8. The van der Waals surface area contributed by atoms with Gasteiger partial charge < -0.3 is 31.7 Å². The van der Waals surface area contributed by atoms with Crippen LogP contribution in [0.3, 0.4) is 0 Å². The van der Waals surface area contributed by atoms with Crippen molar-refractivity contribution in [3.05, 3.63) is 77.9 Å². The number of anilines is 4. The van der Waals surface area contributed by atoms with Gasteiger partial charge in [0.1, 0.15) is 10.6 Å². The Balaban J connectivity index is 1.71. The first kappa shape index (κ1) is 33.1. The summed E-state index contributed by atoms with van der Waals surface area (Å²) in [6.07, 6.45) is 0. The minimum absolute atomic E-state index is 0.0173. The van der Waals surface area contributed by atoms with E-state index in [2.05, 4.69) is 35.8 Å². The zero-order chi connectivity index (χ0) is 35.0. The Morgan fingerprint density at radius 3 is 1.96 bits per heavy atom. The van der Waals surface area contributed by atoms with Crippen LogP contribution < -0.4 is 16.4 Å². The lowest BCUT2D eigenvalue weighted by atomic mass is 10.1. The van der Waals surface area contributed by atoms with Crippen LogP contribution in [0, 0.1) is 0 Å². The number of carboxylic acids is 1. The molecular formula is C27H20N8O11S2. The van der Waals surface area contributed by atoms with E-state index in [0.29, 0.717) is 0 Å². The topological polar surface area (TPSA) is 317 Å². The van der Waals surface area contributed by atoms with E-state index in [1.807, 2.05) is 0 Å². The summed E-state index contributed by atoms with van der Waals surface area (Å²) in [5.41, 5.74) is 3.63. The van der Waals surface area contributed by atoms with Gasteiger partial charge in [0.2, 0.25) is 11.9 Å². The number of benzene rings is 4. The molecule has 4 aromatic carbocycles. The van der Waals surface area contributed by atoms with Gasteiger partial charge in [-0.15, -0.1) is 10.2 Å². The molecule has 19 nitrogen and oxygen atoms in total. The number of nitrogens with two attached hydrogens (primary N) is 1. The van der Waals surface area contributed by atoms with E-state index in [1.165, 1.54) is 48.5 Å². The maximum absolute atomic E-state index is 12.4. The van der Waals surface area contributed by atoms with Crippen molar-refractivity contribution >= 4 is 77.5 Å². The van der Waals surface area contributed by atoms with Crippen molar-refractivity contribution in [3.8, 4) is 11.8 Å². The van der Waals surface area contributed by atoms with E-state index in [4.69, 9.17) is 5.73 Å². The van der Waals surface area contributed by atoms with Gasteiger partial charge in [-0.1, -0.05) is 24.3 Å². The molecule has 1 aromatic heterocycles. The molecule has 0 aliphatic rings. The van der Waals surface area contributed by atoms with Gasteiger partial charge in [0, 0.05) is 5.39 Å². The number of nitrogens with one attached hydrogen (secondary N) is 2. The minimum atomic E-state index is -5.20. The standard InChI is InChI=1S/C27H20N8O11S2/c28-23(37)14-5-1-4-8-17(14)34-35-21-19(48(44,45)46)10-12-9-13(47(41,42)43)11-18(20(12)22(21)36)30-26-31-25(32-27(40)33-26)29-16-7-3-2-6-15(16)24(38)39/h1-11,36H,(H2,28,37)(H,38,39)(H,41,42,43)(H,44,45,46)(H3,29,30,31,32,33,40). The number of phenolic OH excluding ortho intramolecular Hbond substituents is 1. The van der Waals surface area contributed by atoms with E-state index in [1.54, 1.807) is 0 Å². The highest BCUT2D eigenvalue weighted by atomic mass is 32.2. The molecule has 0 atom stereocenters. The zero-order valence-corrected chi connectivity index (χ0v) is 25.3.